The summed E-state index contributed by atoms with van der Waals surface area (Å²) < 4.78 is 45.3. The fourth-order valence-electron chi connectivity index (χ4n) is 3.27. The number of rotatable bonds is 8. The molecule has 0 bridgehead atoms. The molecule has 0 amide bonds. The highest BCUT2D eigenvalue weighted by Gasteiger charge is 2.22. The van der Waals surface area contributed by atoms with E-state index in [1.807, 2.05) is 6.20 Å². The van der Waals surface area contributed by atoms with E-state index in [1.54, 1.807) is 23.0 Å². The Balaban J connectivity index is 1.63. The van der Waals surface area contributed by atoms with Crippen LogP contribution in [0.1, 0.15) is 21.5 Å². The number of nitrogens with zero attached hydrogens (tertiary/aromatic N) is 3. The van der Waals surface area contributed by atoms with Crippen LogP contribution in [0, 0.1) is 0 Å². The average molecular weight is 471 g/mol. The first-order valence-electron chi connectivity index (χ1n) is 9.73. The molecule has 11 nitrogen and oxygen atoms in total. The third kappa shape index (κ3) is 4.52. The fourth-order valence-corrected chi connectivity index (χ4v) is 4.28. The van der Waals surface area contributed by atoms with Crippen LogP contribution in [0.3, 0.4) is 0 Å². The molecule has 4 aromatic rings. The van der Waals surface area contributed by atoms with E-state index in [9.17, 15) is 13.2 Å². The Morgan fingerprint density at radius 1 is 1.18 bits per heavy atom. The van der Waals surface area contributed by atoms with Crippen LogP contribution in [0.5, 0.6) is 5.75 Å². The van der Waals surface area contributed by atoms with Crippen molar-refractivity contribution < 1.29 is 27.2 Å². The van der Waals surface area contributed by atoms with E-state index in [2.05, 4.69) is 19.7 Å². The molecular weight excluding hydrogens is 450 g/mol. The number of sulfonamides is 1. The van der Waals surface area contributed by atoms with Gasteiger partial charge in [-0.3, -0.25) is 9.40 Å². The molecule has 172 valence electrons. The van der Waals surface area contributed by atoms with E-state index in [1.165, 1.54) is 38.5 Å². The van der Waals surface area contributed by atoms with Crippen LogP contribution < -0.4 is 15.2 Å². The lowest BCUT2D eigenvalue weighted by Gasteiger charge is -2.09. The van der Waals surface area contributed by atoms with Gasteiger partial charge in [0.1, 0.15) is 11.1 Å². The number of carbonyl (C=O) groups is 1. The van der Waals surface area contributed by atoms with Gasteiger partial charge in [-0.05, 0) is 42.0 Å². The number of esters is 1. The Bertz CT molecular complexity index is 1410. The molecule has 2 aromatic heterocycles. The van der Waals surface area contributed by atoms with Crippen LogP contribution in [-0.4, -0.2) is 43.5 Å². The first-order chi connectivity index (χ1) is 15.8. The molecule has 2 aromatic carbocycles. The van der Waals surface area contributed by atoms with Gasteiger partial charge in [-0.2, -0.15) is 5.10 Å². The van der Waals surface area contributed by atoms with E-state index < -0.39 is 16.0 Å². The molecular formula is C21H21N5O6S. The van der Waals surface area contributed by atoms with Crippen LogP contribution in [0.4, 0.5) is 5.82 Å². The topological polar surface area (TPSA) is 152 Å². The summed E-state index contributed by atoms with van der Waals surface area (Å²) in [5, 5.41) is 8.51. The quantitative estimate of drug-likeness (QED) is 0.368. The summed E-state index contributed by atoms with van der Waals surface area (Å²) in [7, 11) is -1.30. The van der Waals surface area contributed by atoms with Gasteiger partial charge in [0.05, 0.1) is 37.4 Å². The zero-order chi connectivity index (χ0) is 23.6. The highest BCUT2D eigenvalue weighted by atomic mass is 32.2. The average Bonchev–Trinajstić information content (AvgIpc) is 3.44. The number of anilines is 1. The smallest absolute Gasteiger partial charge is 0.337 e. The zero-order valence-corrected chi connectivity index (χ0v) is 18.6. The largest absolute Gasteiger partial charge is 0.496 e. The number of fused-ring (bicyclic) bond motifs is 1. The van der Waals surface area contributed by atoms with Gasteiger partial charge in [-0.1, -0.05) is 5.16 Å². The summed E-state index contributed by atoms with van der Waals surface area (Å²) in [5.41, 5.74) is 7.91. The van der Waals surface area contributed by atoms with E-state index >= 15 is 0 Å². The van der Waals surface area contributed by atoms with Crippen molar-refractivity contribution in [2.75, 3.05) is 18.9 Å². The van der Waals surface area contributed by atoms with Gasteiger partial charge < -0.3 is 19.7 Å². The Morgan fingerprint density at radius 2 is 1.94 bits per heavy atom. The van der Waals surface area contributed by atoms with Crippen molar-refractivity contribution in [3.8, 4) is 5.75 Å². The summed E-state index contributed by atoms with van der Waals surface area (Å²) in [4.78, 5) is 11.5. The second kappa shape index (κ2) is 8.92. The number of hydrogen-bond acceptors (Lipinski definition) is 9. The highest BCUT2D eigenvalue weighted by molar-refractivity contribution is 7.92. The first kappa shape index (κ1) is 22.3. The first-order valence-corrected chi connectivity index (χ1v) is 11.2. The normalized spacial score (nSPS) is 11.5. The van der Waals surface area contributed by atoms with Gasteiger partial charge in [0.2, 0.25) is 0 Å². The van der Waals surface area contributed by atoms with E-state index in [4.69, 9.17) is 15.0 Å². The van der Waals surface area contributed by atoms with Crippen LogP contribution in [0.15, 0.2) is 58.2 Å². The molecule has 2 heterocycles. The summed E-state index contributed by atoms with van der Waals surface area (Å²) in [6, 6.07) is 8.81. The van der Waals surface area contributed by atoms with E-state index in [0.29, 0.717) is 29.8 Å². The molecule has 0 aliphatic heterocycles. The molecule has 0 radical (unpaired) electrons. The molecule has 12 heteroatoms. The Kier molecular flexibility index (Phi) is 6.03. The lowest BCUT2D eigenvalue weighted by molar-refractivity contribution is 0.0600. The minimum atomic E-state index is -4.01. The van der Waals surface area contributed by atoms with Crippen molar-refractivity contribution in [1.82, 2.24) is 14.9 Å². The maximum absolute atomic E-state index is 12.9. The van der Waals surface area contributed by atoms with Crippen molar-refractivity contribution in [2.45, 2.75) is 18.0 Å². The van der Waals surface area contributed by atoms with Crippen LogP contribution in [-0.2, 0) is 27.8 Å². The molecule has 0 aliphatic rings. The van der Waals surface area contributed by atoms with Crippen molar-refractivity contribution in [1.29, 1.82) is 0 Å². The van der Waals surface area contributed by atoms with E-state index in [-0.39, 0.29) is 16.3 Å². The highest BCUT2D eigenvalue weighted by Crippen LogP contribution is 2.35. The van der Waals surface area contributed by atoms with E-state index in [0.717, 1.165) is 11.1 Å². The summed E-state index contributed by atoms with van der Waals surface area (Å²) in [6.07, 6.45) is 3.52. The van der Waals surface area contributed by atoms with Gasteiger partial charge >= 0.3 is 5.97 Å². The number of nitrogens with two attached hydrogens (primary N) is 1. The molecule has 4 rings (SSSR count). The second-order valence-corrected chi connectivity index (χ2v) is 8.76. The third-order valence-electron chi connectivity index (χ3n) is 4.90. The predicted molar refractivity (Wildman–Crippen MR) is 118 cm³/mol. The second-order valence-electron chi connectivity index (χ2n) is 7.07. The SMILES string of the molecule is COC(=O)c1ccc(S(=O)(=O)Nc2noc3cc(Cn4cc(CN)cn4)cc(OC)c23)cc1. The van der Waals surface area contributed by atoms with Crippen molar-refractivity contribution >= 4 is 32.8 Å². The summed E-state index contributed by atoms with van der Waals surface area (Å²) in [6.45, 7) is 0.819. The lowest BCUT2D eigenvalue weighted by atomic mass is 10.1. The van der Waals surface area contributed by atoms with Crippen molar-refractivity contribution in [2.24, 2.45) is 5.73 Å². The number of methoxy groups -OCH3 is 2. The van der Waals surface area contributed by atoms with Crippen LogP contribution >= 0.6 is 0 Å². The molecule has 0 saturated carbocycles. The standard InChI is InChI=1S/C21H21N5O6S/c1-30-17-7-13(11-26-12-14(9-22)10-23-26)8-18-19(17)20(24-32-18)25-33(28,29)16-5-3-15(4-6-16)21(27)31-2/h3-8,10,12H,9,11,22H2,1-2H3,(H,24,25). The number of aromatic nitrogens is 3. The van der Waals surface area contributed by atoms with Crippen LogP contribution in [0.2, 0.25) is 0 Å². The minimum absolute atomic E-state index is 0.0186. The van der Waals surface area contributed by atoms with Gasteiger partial charge in [0.25, 0.3) is 10.0 Å². The van der Waals surface area contributed by atoms with Crippen LogP contribution in [0.25, 0.3) is 11.0 Å². The Morgan fingerprint density at radius 3 is 2.58 bits per heavy atom. The maximum atomic E-state index is 12.9. The number of nitrogens with one attached hydrogen (secondary N) is 1. The summed E-state index contributed by atoms with van der Waals surface area (Å²) >= 11 is 0. The van der Waals surface area contributed by atoms with Crippen molar-refractivity contribution in [3.05, 3.63) is 65.5 Å². The van der Waals surface area contributed by atoms with Gasteiger partial charge in [-0.25, -0.2) is 13.2 Å². The molecule has 0 spiro atoms. The van der Waals surface area contributed by atoms with Gasteiger partial charge in [0.15, 0.2) is 11.4 Å². The molecule has 0 fully saturated rings. The fraction of sp³-hybridized carbons (Fsp3) is 0.190. The molecule has 33 heavy (non-hydrogen) atoms. The predicted octanol–water partition coefficient (Wildman–Crippen LogP) is 2.13. The molecule has 3 N–H and O–H groups in total. The lowest BCUT2D eigenvalue weighted by Crippen LogP contribution is -2.14. The molecule has 0 saturated heterocycles. The number of ether oxygens (including phenoxy) is 2. The Hall–Kier alpha value is -3.90. The van der Waals surface area contributed by atoms with Gasteiger partial charge in [-0.15, -0.1) is 0 Å². The zero-order valence-electron chi connectivity index (χ0n) is 17.8. The maximum Gasteiger partial charge on any atom is 0.337 e. The Labute approximate surface area is 189 Å². The molecule has 0 aliphatic carbocycles. The third-order valence-corrected chi connectivity index (χ3v) is 6.26. The minimum Gasteiger partial charge on any atom is -0.496 e. The van der Waals surface area contributed by atoms with Crippen molar-refractivity contribution in [3.63, 3.8) is 0 Å². The van der Waals surface area contributed by atoms with Gasteiger partial charge in [0, 0.05) is 18.3 Å². The number of hydrogen-bond donors (Lipinski definition) is 2. The molecule has 0 unspecified atom stereocenters. The monoisotopic (exact) mass is 471 g/mol. The number of carbonyl (C=O) groups excluding carboxylic acids is 1. The summed E-state index contributed by atoms with van der Waals surface area (Å²) in [5.74, 6) is -0.201. The number of benzene rings is 2. The molecule has 0 atom stereocenters.